The van der Waals surface area contributed by atoms with Crippen molar-refractivity contribution in [3.63, 3.8) is 0 Å². The van der Waals surface area contributed by atoms with Gasteiger partial charge in [-0.3, -0.25) is 4.79 Å². The lowest BCUT2D eigenvalue weighted by atomic mass is 10.0. The Kier molecular flexibility index (Phi) is 7.71. The van der Waals surface area contributed by atoms with E-state index in [1.54, 1.807) is 13.8 Å². The second-order valence-corrected chi connectivity index (χ2v) is 10.3. The van der Waals surface area contributed by atoms with E-state index in [0.29, 0.717) is 12.8 Å². The smallest absolute Gasteiger partial charge is 0.238 e. The van der Waals surface area contributed by atoms with E-state index in [4.69, 9.17) is 4.74 Å². The van der Waals surface area contributed by atoms with Gasteiger partial charge in [0.1, 0.15) is 17.1 Å². The van der Waals surface area contributed by atoms with Crippen molar-refractivity contribution in [1.82, 2.24) is 5.32 Å². The minimum absolute atomic E-state index is 0.269. The van der Waals surface area contributed by atoms with Crippen LogP contribution < -0.4 is 10.1 Å². The van der Waals surface area contributed by atoms with Crippen LogP contribution in [0.25, 0.3) is 0 Å². The minimum Gasteiger partial charge on any atom is -0.489 e. The third-order valence-corrected chi connectivity index (χ3v) is 8.24. The number of sulfone groups is 1. The number of rotatable bonds is 8. The third-order valence-electron chi connectivity index (χ3n) is 5.37. The van der Waals surface area contributed by atoms with Gasteiger partial charge in [0.2, 0.25) is 5.91 Å². The van der Waals surface area contributed by atoms with Gasteiger partial charge in [0.05, 0.1) is 11.3 Å². The van der Waals surface area contributed by atoms with Gasteiger partial charge in [0.25, 0.3) is 0 Å². The third kappa shape index (κ3) is 5.71. The molecule has 6 heteroatoms. The average Bonchev–Trinajstić information content (AvgIpc) is 2.62. The van der Waals surface area contributed by atoms with Crippen LogP contribution in [-0.2, 0) is 14.6 Å². The van der Waals surface area contributed by atoms with Gasteiger partial charge in [-0.1, -0.05) is 51.3 Å². The van der Waals surface area contributed by atoms with E-state index in [9.17, 15) is 13.2 Å². The van der Waals surface area contributed by atoms with Gasteiger partial charge in [-0.2, -0.15) is 0 Å². The fourth-order valence-corrected chi connectivity index (χ4v) is 6.20. The summed E-state index contributed by atoms with van der Waals surface area (Å²) in [5.74, 6) is 0.0439. The summed E-state index contributed by atoms with van der Waals surface area (Å²) in [5, 5.41) is 1.48. The van der Waals surface area contributed by atoms with Gasteiger partial charge in [-0.05, 0) is 44.7 Å². The first-order chi connectivity index (χ1) is 12.7. The van der Waals surface area contributed by atoms with Crippen LogP contribution >= 0.6 is 0 Å². The summed E-state index contributed by atoms with van der Waals surface area (Å²) in [6.07, 6.45) is 3.99. The molecule has 5 nitrogen and oxygen atoms in total. The fraction of sp³-hybridized carbons (Fsp3) is 0.667. The van der Waals surface area contributed by atoms with E-state index in [-0.39, 0.29) is 18.1 Å². The Morgan fingerprint density at radius 1 is 1.04 bits per heavy atom. The van der Waals surface area contributed by atoms with E-state index >= 15 is 0 Å². The molecule has 3 atom stereocenters. The number of para-hydroxylation sites is 1. The van der Waals surface area contributed by atoms with E-state index in [2.05, 4.69) is 5.32 Å². The number of hydrogen-bond donors (Lipinski definition) is 1. The molecule has 0 bridgehead atoms. The molecule has 0 aromatic heterocycles. The average molecular weight is 396 g/mol. The van der Waals surface area contributed by atoms with Crippen molar-refractivity contribution in [2.24, 2.45) is 5.92 Å². The van der Waals surface area contributed by atoms with E-state index in [0.717, 1.165) is 25.0 Å². The van der Waals surface area contributed by atoms with Crippen molar-refractivity contribution in [2.45, 2.75) is 82.4 Å². The van der Waals surface area contributed by atoms with Gasteiger partial charge in [0.15, 0.2) is 9.84 Å². The maximum Gasteiger partial charge on any atom is 0.238 e. The van der Waals surface area contributed by atoms with Gasteiger partial charge in [0, 0.05) is 0 Å². The lowest BCUT2D eigenvalue weighted by Gasteiger charge is -2.30. The molecule has 1 aromatic rings. The highest BCUT2D eigenvalue weighted by molar-refractivity contribution is 7.93. The SMILES string of the molecule is CC(C)C(C(=O)NC(C)C(C)Oc1ccccc1)S(=O)(=O)C1CCCCC1. The Labute approximate surface area is 163 Å². The van der Waals surface area contributed by atoms with Gasteiger partial charge >= 0.3 is 0 Å². The highest BCUT2D eigenvalue weighted by Crippen LogP contribution is 2.29. The van der Waals surface area contributed by atoms with Crippen LogP contribution in [0.4, 0.5) is 0 Å². The van der Waals surface area contributed by atoms with Crippen molar-refractivity contribution < 1.29 is 17.9 Å². The first-order valence-corrected chi connectivity index (χ1v) is 11.6. The molecule has 1 aliphatic carbocycles. The highest BCUT2D eigenvalue weighted by Gasteiger charge is 2.41. The van der Waals surface area contributed by atoms with E-state index in [1.165, 1.54) is 0 Å². The maximum absolute atomic E-state index is 13.1. The molecule has 1 amide bonds. The second kappa shape index (κ2) is 9.58. The normalized spacial score (nSPS) is 19.3. The number of nitrogens with one attached hydrogen (secondary N) is 1. The predicted molar refractivity (Wildman–Crippen MR) is 109 cm³/mol. The molecule has 0 spiro atoms. The van der Waals surface area contributed by atoms with Gasteiger partial charge < -0.3 is 10.1 Å². The zero-order valence-corrected chi connectivity index (χ0v) is 17.7. The number of benzene rings is 1. The monoisotopic (exact) mass is 395 g/mol. The Morgan fingerprint density at radius 3 is 2.19 bits per heavy atom. The maximum atomic E-state index is 13.1. The number of carbonyl (C=O) groups excluding carboxylic acids is 1. The van der Waals surface area contributed by atoms with Crippen LogP contribution in [0.15, 0.2) is 30.3 Å². The lowest BCUT2D eigenvalue weighted by molar-refractivity contribution is -0.122. The molecule has 2 rings (SSSR count). The predicted octanol–water partition coefficient (Wildman–Crippen LogP) is 3.73. The Bertz CT molecular complexity index is 696. The fourth-order valence-electron chi connectivity index (χ4n) is 3.67. The summed E-state index contributed by atoms with van der Waals surface area (Å²) < 4.78 is 32.1. The molecule has 0 heterocycles. The zero-order valence-electron chi connectivity index (χ0n) is 16.9. The molecule has 3 unspecified atom stereocenters. The van der Waals surface area contributed by atoms with Crippen molar-refractivity contribution >= 4 is 15.7 Å². The largest absolute Gasteiger partial charge is 0.489 e. The summed E-state index contributed by atoms with van der Waals surface area (Å²) in [6.45, 7) is 7.33. The lowest BCUT2D eigenvalue weighted by Crippen LogP contribution is -2.52. The molecular formula is C21H33NO4S. The van der Waals surface area contributed by atoms with Crippen molar-refractivity contribution in [3.8, 4) is 5.75 Å². The highest BCUT2D eigenvalue weighted by atomic mass is 32.2. The standard InChI is InChI=1S/C21H33NO4S/c1-15(2)20(27(24,25)19-13-9-6-10-14-19)21(23)22-16(3)17(4)26-18-11-7-5-8-12-18/h5,7-8,11-12,15-17,19-20H,6,9-10,13-14H2,1-4H3,(H,22,23). The topological polar surface area (TPSA) is 72.5 Å². The van der Waals surface area contributed by atoms with Crippen molar-refractivity contribution in [3.05, 3.63) is 30.3 Å². The van der Waals surface area contributed by atoms with E-state index in [1.807, 2.05) is 44.2 Å². The van der Waals surface area contributed by atoms with Crippen LogP contribution in [0.1, 0.15) is 59.8 Å². The summed E-state index contributed by atoms with van der Waals surface area (Å²) >= 11 is 0. The Morgan fingerprint density at radius 2 is 1.63 bits per heavy atom. The number of hydrogen-bond acceptors (Lipinski definition) is 4. The van der Waals surface area contributed by atoms with Crippen LogP contribution in [0.3, 0.4) is 0 Å². The Hall–Kier alpha value is -1.56. The number of ether oxygens (including phenoxy) is 1. The molecule has 1 aromatic carbocycles. The van der Waals surface area contributed by atoms with Crippen molar-refractivity contribution in [2.75, 3.05) is 0 Å². The minimum atomic E-state index is -3.51. The first-order valence-electron chi connectivity index (χ1n) is 9.98. The second-order valence-electron chi connectivity index (χ2n) is 7.95. The molecule has 1 N–H and O–H groups in total. The van der Waals surface area contributed by atoms with Crippen LogP contribution in [-0.4, -0.2) is 37.0 Å². The molecule has 0 saturated heterocycles. The molecule has 0 aliphatic heterocycles. The molecule has 0 radical (unpaired) electrons. The van der Waals surface area contributed by atoms with E-state index < -0.39 is 26.2 Å². The molecule has 1 saturated carbocycles. The number of carbonyl (C=O) groups is 1. The quantitative estimate of drug-likeness (QED) is 0.728. The van der Waals surface area contributed by atoms with Gasteiger partial charge in [-0.25, -0.2) is 8.42 Å². The van der Waals surface area contributed by atoms with Crippen LogP contribution in [0.2, 0.25) is 0 Å². The summed E-state index contributed by atoms with van der Waals surface area (Å²) in [5.41, 5.74) is 0. The summed E-state index contributed by atoms with van der Waals surface area (Å²) in [7, 11) is -3.51. The van der Waals surface area contributed by atoms with Crippen molar-refractivity contribution in [1.29, 1.82) is 0 Å². The first kappa shape index (κ1) is 21.7. The number of amides is 1. The molecule has 1 aliphatic rings. The molecular weight excluding hydrogens is 362 g/mol. The molecule has 27 heavy (non-hydrogen) atoms. The molecule has 1 fully saturated rings. The summed E-state index contributed by atoms with van der Waals surface area (Å²) in [4.78, 5) is 12.9. The molecule has 152 valence electrons. The zero-order chi connectivity index (χ0) is 20.0. The van der Waals surface area contributed by atoms with Gasteiger partial charge in [-0.15, -0.1) is 0 Å². The summed E-state index contributed by atoms with van der Waals surface area (Å²) in [6, 6.07) is 9.09. The Balaban J connectivity index is 2.05. The van der Waals surface area contributed by atoms with Crippen LogP contribution in [0.5, 0.6) is 5.75 Å². The van der Waals surface area contributed by atoms with Crippen LogP contribution in [0, 0.1) is 5.92 Å².